The monoisotopic (exact) mass is 273 g/mol. The van der Waals surface area contributed by atoms with E-state index in [9.17, 15) is 0 Å². The molecule has 0 amide bonds. The Morgan fingerprint density at radius 3 is 2.74 bits per heavy atom. The second kappa shape index (κ2) is 4.85. The summed E-state index contributed by atoms with van der Waals surface area (Å²) in [5.74, 6) is 1.64. The van der Waals surface area contributed by atoms with Crippen LogP contribution < -0.4 is 5.32 Å². The van der Waals surface area contributed by atoms with Crippen molar-refractivity contribution < 1.29 is 0 Å². The quantitative estimate of drug-likeness (QED) is 0.797. The fourth-order valence-electron chi connectivity index (χ4n) is 1.93. The molecule has 1 aromatic carbocycles. The number of aryl methyl sites for hydroxylation is 1. The summed E-state index contributed by atoms with van der Waals surface area (Å²) in [6, 6.07) is 7.78. The van der Waals surface area contributed by atoms with E-state index in [1.165, 1.54) is 0 Å². The molecular formula is C13H12ClN5. The molecule has 0 saturated carbocycles. The molecule has 0 bridgehead atoms. The molecule has 0 saturated heterocycles. The van der Waals surface area contributed by atoms with Crippen LogP contribution in [-0.2, 0) is 13.6 Å². The second-order valence-corrected chi connectivity index (χ2v) is 4.55. The van der Waals surface area contributed by atoms with Crippen LogP contribution in [0.3, 0.4) is 0 Å². The molecule has 3 rings (SSSR count). The number of hydrogen-bond donors (Lipinski definition) is 1. The molecule has 0 aliphatic heterocycles. The molecule has 5 nitrogen and oxygen atoms in total. The van der Waals surface area contributed by atoms with Crippen molar-refractivity contribution in [1.82, 2.24) is 19.7 Å². The van der Waals surface area contributed by atoms with Gasteiger partial charge in [-0.1, -0.05) is 35.9 Å². The first-order valence-corrected chi connectivity index (χ1v) is 6.24. The van der Waals surface area contributed by atoms with Crippen LogP contribution in [0.15, 0.2) is 36.7 Å². The largest absolute Gasteiger partial charge is 0.361 e. The molecule has 1 N–H and O–H groups in total. The van der Waals surface area contributed by atoms with Crippen LogP contribution in [0.4, 0.5) is 5.82 Å². The predicted molar refractivity (Wildman–Crippen MR) is 75.1 cm³/mol. The van der Waals surface area contributed by atoms with Gasteiger partial charge in [0, 0.05) is 30.2 Å². The van der Waals surface area contributed by atoms with E-state index in [0.717, 1.165) is 16.6 Å². The van der Waals surface area contributed by atoms with Gasteiger partial charge >= 0.3 is 0 Å². The highest BCUT2D eigenvalue weighted by molar-refractivity contribution is 6.34. The highest BCUT2D eigenvalue weighted by atomic mass is 35.5. The van der Waals surface area contributed by atoms with E-state index >= 15 is 0 Å². The number of fused-ring (bicyclic) bond motifs is 1. The van der Waals surface area contributed by atoms with Crippen molar-refractivity contribution in [2.24, 2.45) is 7.05 Å². The van der Waals surface area contributed by atoms with Crippen molar-refractivity contribution in [2.45, 2.75) is 6.54 Å². The van der Waals surface area contributed by atoms with Crippen LogP contribution in [0.2, 0.25) is 5.15 Å². The lowest BCUT2D eigenvalue weighted by molar-refractivity contribution is 0.809. The average molecular weight is 274 g/mol. The van der Waals surface area contributed by atoms with Gasteiger partial charge < -0.3 is 9.88 Å². The average Bonchev–Trinajstić information content (AvgIpc) is 2.84. The molecule has 0 aliphatic carbocycles. The Bertz CT molecular complexity index is 722. The van der Waals surface area contributed by atoms with Crippen molar-refractivity contribution in [2.75, 3.05) is 5.32 Å². The molecule has 0 unspecified atom stereocenters. The van der Waals surface area contributed by atoms with Gasteiger partial charge in [-0.15, -0.1) is 10.2 Å². The number of imidazole rings is 1. The zero-order valence-corrected chi connectivity index (χ0v) is 11.1. The summed E-state index contributed by atoms with van der Waals surface area (Å²) in [4.78, 5) is 4.25. The number of anilines is 1. The number of benzene rings is 1. The predicted octanol–water partition coefficient (Wildman–Crippen LogP) is 2.63. The maximum atomic E-state index is 6.04. The number of rotatable bonds is 3. The van der Waals surface area contributed by atoms with E-state index in [1.54, 1.807) is 6.20 Å². The molecule has 6 heteroatoms. The summed E-state index contributed by atoms with van der Waals surface area (Å²) in [6.45, 7) is 0.587. The van der Waals surface area contributed by atoms with Crippen LogP contribution in [0, 0.1) is 0 Å². The van der Waals surface area contributed by atoms with E-state index in [2.05, 4.69) is 20.5 Å². The number of nitrogens with zero attached hydrogens (tertiary/aromatic N) is 4. The summed E-state index contributed by atoms with van der Waals surface area (Å²) in [5, 5.41) is 13.6. The highest BCUT2D eigenvalue weighted by Gasteiger charge is 2.07. The molecule has 0 spiro atoms. The van der Waals surface area contributed by atoms with Gasteiger partial charge in [-0.05, 0) is 0 Å². The second-order valence-electron chi connectivity index (χ2n) is 4.19. The fourth-order valence-corrected chi connectivity index (χ4v) is 2.13. The Balaban J connectivity index is 1.93. The minimum atomic E-state index is 0.415. The van der Waals surface area contributed by atoms with Gasteiger partial charge in [0.2, 0.25) is 0 Å². The summed E-state index contributed by atoms with van der Waals surface area (Å²) in [5.41, 5.74) is 0. The Morgan fingerprint density at radius 1 is 1.21 bits per heavy atom. The van der Waals surface area contributed by atoms with Crippen molar-refractivity contribution in [1.29, 1.82) is 0 Å². The van der Waals surface area contributed by atoms with Crippen molar-refractivity contribution in [3.63, 3.8) is 0 Å². The standard InChI is InChI=1S/C13H12ClN5/c1-19-7-6-15-11(19)8-16-13-10-5-3-2-4-9(10)12(14)17-18-13/h2-7H,8H2,1H3,(H,16,18). The molecule has 0 radical (unpaired) electrons. The van der Waals surface area contributed by atoms with Gasteiger partial charge in [-0.3, -0.25) is 0 Å². The van der Waals surface area contributed by atoms with E-state index in [-0.39, 0.29) is 0 Å². The first kappa shape index (κ1) is 11.9. The molecule has 3 aromatic rings. The molecule has 96 valence electrons. The third-order valence-electron chi connectivity index (χ3n) is 2.98. The number of hydrogen-bond acceptors (Lipinski definition) is 4. The van der Waals surface area contributed by atoms with E-state index < -0.39 is 0 Å². The lowest BCUT2D eigenvalue weighted by atomic mass is 10.2. The molecule has 2 aromatic heterocycles. The highest BCUT2D eigenvalue weighted by Crippen LogP contribution is 2.25. The van der Waals surface area contributed by atoms with E-state index in [1.807, 2.05) is 42.1 Å². The van der Waals surface area contributed by atoms with E-state index in [4.69, 9.17) is 11.6 Å². The van der Waals surface area contributed by atoms with Crippen LogP contribution in [0.5, 0.6) is 0 Å². The van der Waals surface area contributed by atoms with Gasteiger partial charge in [0.05, 0.1) is 6.54 Å². The van der Waals surface area contributed by atoms with Crippen molar-refractivity contribution in [3.8, 4) is 0 Å². The molecule has 0 atom stereocenters. The first-order valence-electron chi connectivity index (χ1n) is 5.86. The van der Waals surface area contributed by atoms with Gasteiger partial charge in [-0.25, -0.2) is 4.98 Å². The zero-order valence-electron chi connectivity index (χ0n) is 10.3. The summed E-state index contributed by atoms with van der Waals surface area (Å²) in [7, 11) is 1.95. The summed E-state index contributed by atoms with van der Waals surface area (Å²) in [6.07, 6.45) is 3.67. The number of aromatic nitrogens is 4. The van der Waals surface area contributed by atoms with Crippen LogP contribution in [0.25, 0.3) is 10.8 Å². The maximum Gasteiger partial charge on any atom is 0.159 e. The third-order valence-corrected chi connectivity index (χ3v) is 3.26. The maximum absolute atomic E-state index is 6.04. The zero-order chi connectivity index (χ0) is 13.2. The van der Waals surface area contributed by atoms with Crippen molar-refractivity contribution in [3.05, 3.63) is 47.6 Å². The Kier molecular flexibility index (Phi) is 3.05. The smallest absolute Gasteiger partial charge is 0.159 e. The van der Waals surface area contributed by atoms with Crippen molar-refractivity contribution >= 4 is 28.2 Å². The number of nitrogens with one attached hydrogen (secondary N) is 1. The van der Waals surface area contributed by atoms with Gasteiger partial charge in [0.1, 0.15) is 5.82 Å². The Labute approximate surface area is 115 Å². The molecule has 19 heavy (non-hydrogen) atoms. The topological polar surface area (TPSA) is 55.6 Å². The summed E-state index contributed by atoms with van der Waals surface area (Å²) >= 11 is 6.04. The minimum absolute atomic E-state index is 0.415. The molecule has 0 fully saturated rings. The van der Waals surface area contributed by atoms with E-state index in [0.29, 0.717) is 17.5 Å². The molecule has 0 aliphatic rings. The first-order chi connectivity index (χ1) is 9.25. The third kappa shape index (κ3) is 2.24. The normalized spacial score (nSPS) is 10.8. The van der Waals surface area contributed by atoms with Crippen LogP contribution in [0.1, 0.15) is 5.82 Å². The number of halogens is 1. The SMILES string of the molecule is Cn1ccnc1CNc1nnc(Cl)c2ccccc12. The summed E-state index contributed by atoms with van der Waals surface area (Å²) < 4.78 is 1.96. The fraction of sp³-hybridized carbons (Fsp3) is 0.154. The molecular weight excluding hydrogens is 262 g/mol. The lowest BCUT2D eigenvalue weighted by Gasteiger charge is -2.08. The lowest BCUT2D eigenvalue weighted by Crippen LogP contribution is -2.07. The molecule has 2 heterocycles. The van der Waals surface area contributed by atoms with Gasteiger partial charge in [0.15, 0.2) is 11.0 Å². The van der Waals surface area contributed by atoms with Crippen LogP contribution >= 0.6 is 11.6 Å². The Hall–Kier alpha value is -2.14. The van der Waals surface area contributed by atoms with Gasteiger partial charge in [-0.2, -0.15) is 0 Å². The Morgan fingerprint density at radius 2 is 2.00 bits per heavy atom. The van der Waals surface area contributed by atoms with Gasteiger partial charge in [0.25, 0.3) is 0 Å². The van der Waals surface area contributed by atoms with Crippen LogP contribution in [-0.4, -0.2) is 19.7 Å². The minimum Gasteiger partial charge on any atom is -0.361 e.